The maximum atomic E-state index is 8.00. The lowest BCUT2D eigenvalue weighted by atomic mass is 9.94. The largest absolute Gasteiger partial charge is 0.497 e. The highest BCUT2D eigenvalue weighted by Gasteiger charge is 2.18. The van der Waals surface area contributed by atoms with Gasteiger partial charge >= 0.3 is 0 Å². The molecule has 0 saturated heterocycles. The van der Waals surface area contributed by atoms with Gasteiger partial charge < -0.3 is 9.47 Å². The molecule has 0 radical (unpaired) electrons. The Balaban J connectivity index is -0.0000000565. The molecule has 23 heavy (non-hydrogen) atoms. The summed E-state index contributed by atoms with van der Waals surface area (Å²) in [5, 5.41) is 0. The van der Waals surface area contributed by atoms with Crippen LogP contribution in [0.25, 0.3) is 0 Å². The van der Waals surface area contributed by atoms with Crippen LogP contribution < -0.4 is 0 Å². The molecule has 0 amide bonds. The molecule has 0 aliphatic heterocycles. The van der Waals surface area contributed by atoms with Crippen LogP contribution in [-0.4, -0.2) is 20.3 Å². The van der Waals surface area contributed by atoms with Gasteiger partial charge in [-0.15, -0.1) is 0 Å². The number of ether oxygens (including phenoxy) is 2. The van der Waals surface area contributed by atoms with E-state index >= 15 is 0 Å². The van der Waals surface area contributed by atoms with Crippen LogP contribution in [0.15, 0.2) is 24.0 Å². The van der Waals surface area contributed by atoms with Crippen molar-refractivity contribution in [3.63, 3.8) is 0 Å². The van der Waals surface area contributed by atoms with Crippen LogP contribution in [-0.2, 0) is 9.47 Å². The van der Waals surface area contributed by atoms with Crippen molar-refractivity contribution in [2.45, 2.75) is 19.4 Å². The van der Waals surface area contributed by atoms with E-state index in [4.69, 9.17) is 55.2 Å². The van der Waals surface area contributed by atoms with Gasteiger partial charge in [-0.2, -0.15) is 0 Å². The fourth-order valence-electron chi connectivity index (χ4n) is 1.42. The maximum absolute atomic E-state index is 8.00. The molecule has 13 heteroatoms. The Morgan fingerprint density at radius 2 is 1.26 bits per heavy atom. The Morgan fingerprint density at radius 1 is 0.870 bits per heavy atom. The molecule has 2 atom stereocenters. The van der Waals surface area contributed by atoms with Crippen LogP contribution in [0.2, 0.25) is 0 Å². The second-order valence-electron chi connectivity index (χ2n) is 2.90. The molecule has 0 spiro atoms. The van der Waals surface area contributed by atoms with E-state index in [-0.39, 0.29) is 10.8 Å². The lowest BCUT2D eigenvalue weighted by Gasteiger charge is -2.23. The second-order valence-corrected chi connectivity index (χ2v) is 2.90. The lowest BCUT2D eigenvalue weighted by Crippen LogP contribution is -2.21. The zero-order valence-corrected chi connectivity index (χ0v) is 12.1. The second kappa shape index (κ2) is 42.8. The van der Waals surface area contributed by atoms with Gasteiger partial charge in [-0.05, 0) is 18.6 Å². The molecule has 1 aliphatic carbocycles. The first kappa shape index (κ1) is 37.6. The molecule has 0 saturated carbocycles. The van der Waals surface area contributed by atoms with Gasteiger partial charge in [0.25, 0.3) is 0 Å². The van der Waals surface area contributed by atoms with Crippen LogP contribution in [0.5, 0.6) is 0 Å². The topological polar surface area (TPSA) is 18.5 Å². The molecule has 2 unspecified atom stereocenters. The first-order chi connectivity index (χ1) is 10.8. The lowest BCUT2D eigenvalue weighted by molar-refractivity contribution is 0.0988. The first-order valence-corrected chi connectivity index (χ1v) is 5.00. The number of hydrogen-bond acceptors (Lipinski definition) is 2. The Kier molecular flexibility index (Phi) is 69.9. The number of hydrogen-bond donors (Lipinski definition) is 0. The monoisotopic (exact) mass is 378 g/mol. The number of halogens is 11. The van der Waals surface area contributed by atoms with Gasteiger partial charge in [0, 0.05) is 58.8 Å². The molecule has 0 aromatic rings. The molecule has 0 aromatic heterocycles. The van der Waals surface area contributed by atoms with Crippen LogP contribution in [0.4, 0.5) is 50.4 Å². The Labute approximate surface area is 125 Å². The maximum Gasteiger partial charge on any atom is 0.117 e. The van der Waals surface area contributed by atoms with E-state index in [1.807, 2.05) is 12.2 Å². The quantitative estimate of drug-likeness (QED) is 0.523. The standard InChI is InChI=1S/C10H16O2.5F2.FH/c1-4-8-5-6-9(11-2)7-10(8)12-3;5*1-2;/h5-8,10H,4H2,1-3H3;;;;;;1H. The average molecular weight is 378 g/mol. The average Bonchev–Trinajstić information content (AvgIpc) is 2.69. The highest BCUT2D eigenvalue weighted by atomic mass is 20.0. The molecule has 0 fully saturated rings. The third kappa shape index (κ3) is 22.9. The third-order valence-corrected chi connectivity index (χ3v) is 2.24. The fraction of sp³-hybridized carbons (Fsp3) is 0.600. The third-order valence-electron chi connectivity index (χ3n) is 2.24. The van der Waals surface area contributed by atoms with E-state index in [2.05, 4.69) is 13.0 Å². The number of methoxy groups -OCH3 is 2. The molecule has 0 N–H and O–H groups in total. The van der Waals surface area contributed by atoms with Crippen LogP contribution in [0.3, 0.4) is 0 Å². The summed E-state index contributed by atoms with van der Waals surface area (Å²) < 4.78 is 90.4. The van der Waals surface area contributed by atoms with Crippen molar-refractivity contribution in [2.75, 3.05) is 14.2 Å². The highest BCUT2D eigenvalue weighted by Crippen LogP contribution is 2.22. The van der Waals surface area contributed by atoms with Crippen LogP contribution in [0, 0.1) is 5.92 Å². The minimum absolute atomic E-state index is 0. The Bertz CT molecular complexity index is 217. The van der Waals surface area contributed by atoms with E-state index < -0.39 is 0 Å². The summed E-state index contributed by atoms with van der Waals surface area (Å²) >= 11 is 0. The smallest absolute Gasteiger partial charge is 0.117 e. The molecule has 0 aromatic carbocycles. The zero-order chi connectivity index (χ0) is 19.0. The van der Waals surface area contributed by atoms with Gasteiger partial charge in [0.15, 0.2) is 0 Å². The van der Waals surface area contributed by atoms with Crippen LogP contribution in [0.1, 0.15) is 13.3 Å². The van der Waals surface area contributed by atoms with E-state index in [1.165, 1.54) is 0 Å². The summed E-state index contributed by atoms with van der Waals surface area (Å²) in [6.45, 7) is 2.16. The summed E-state index contributed by atoms with van der Waals surface area (Å²) in [7, 11) is 3.41. The Hall–Kier alpha value is -1.53. The van der Waals surface area contributed by atoms with Gasteiger partial charge in [0.2, 0.25) is 0 Å². The summed E-state index contributed by atoms with van der Waals surface area (Å²) in [6, 6.07) is 0. The van der Waals surface area contributed by atoms with Crippen molar-refractivity contribution in [3.05, 3.63) is 24.0 Å². The summed E-state index contributed by atoms with van der Waals surface area (Å²) in [4.78, 5) is 0. The molecule has 1 aliphatic rings. The molecule has 1 rings (SSSR count). The first-order valence-electron chi connectivity index (χ1n) is 5.00. The molecular weight excluding hydrogens is 361 g/mol. The van der Waals surface area contributed by atoms with E-state index in [1.54, 1.807) is 14.2 Å². The minimum atomic E-state index is 0. The fourth-order valence-corrected chi connectivity index (χ4v) is 1.42. The van der Waals surface area contributed by atoms with Crippen molar-refractivity contribution in [1.29, 1.82) is 0 Å². The SMILES string of the molecule is CCC1C=CC(OC)=CC1OC.F.FF.FF.FF.FF.FF. The van der Waals surface area contributed by atoms with Crippen molar-refractivity contribution in [1.82, 2.24) is 0 Å². The van der Waals surface area contributed by atoms with Crippen molar-refractivity contribution in [3.8, 4) is 0 Å². The van der Waals surface area contributed by atoms with Gasteiger partial charge in [-0.1, -0.05) is 13.0 Å². The van der Waals surface area contributed by atoms with E-state index in [9.17, 15) is 0 Å². The van der Waals surface area contributed by atoms with Crippen molar-refractivity contribution in [2.24, 2.45) is 5.92 Å². The van der Waals surface area contributed by atoms with Gasteiger partial charge in [-0.25, -0.2) is 0 Å². The van der Waals surface area contributed by atoms with E-state index in [0.29, 0.717) is 5.92 Å². The highest BCUT2D eigenvalue weighted by molar-refractivity contribution is 5.21. The molecule has 0 bridgehead atoms. The van der Waals surface area contributed by atoms with Gasteiger partial charge in [-0.3, -0.25) is 4.70 Å². The Morgan fingerprint density at radius 3 is 1.52 bits per heavy atom. The van der Waals surface area contributed by atoms with Gasteiger partial charge in [0.05, 0.1) is 13.2 Å². The zero-order valence-electron chi connectivity index (χ0n) is 12.1. The van der Waals surface area contributed by atoms with E-state index in [0.717, 1.165) is 12.2 Å². The van der Waals surface area contributed by atoms with Crippen LogP contribution >= 0.6 is 0 Å². The molecule has 146 valence electrons. The van der Waals surface area contributed by atoms with Crippen molar-refractivity contribution >= 4 is 0 Å². The summed E-state index contributed by atoms with van der Waals surface area (Å²) in [5.74, 6) is 1.39. The number of allylic oxidation sites excluding steroid dienone is 1. The molecular formula is C10H17F11O2. The molecule has 2 nitrogen and oxygen atoms in total. The predicted molar refractivity (Wildman–Crippen MR) is 62.4 cm³/mol. The minimum Gasteiger partial charge on any atom is -0.497 e. The summed E-state index contributed by atoms with van der Waals surface area (Å²) in [6.07, 6.45) is 7.45. The van der Waals surface area contributed by atoms with Gasteiger partial charge in [0.1, 0.15) is 5.76 Å². The molecule has 0 heterocycles. The van der Waals surface area contributed by atoms with Crippen molar-refractivity contribution < 1.29 is 59.9 Å². The summed E-state index contributed by atoms with van der Waals surface area (Å²) in [5.41, 5.74) is 0. The number of rotatable bonds is 3. The predicted octanol–water partition coefficient (Wildman–Crippen LogP) is 6.48. The normalized spacial score (nSPS) is 16.1.